The van der Waals surface area contributed by atoms with Gasteiger partial charge in [-0.2, -0.15) is 0 Å². The first-order chi connectivity index (χ1) is 8.33. The molecule has 0 saturated heterocycles. The third-order valence-corrected chi connectivity index (χ3v) is 2.82. The Morgan fingerprint density at radius 3 is 2.76 bits per heavy atom. The molecule has 0 aliphatic heterocycles. The standard InChI is InChI=1S/C14H10ClNO/c15-10-4-3-5-11(8-10)16-13-9-17-14-7-2-1-6-12(13)14/h1-9,16H. The molecule has 0 spiro atoms. The summed E-state index contributed by atoms with van der Waals surface area (Å²) in [5, 5.41) is 5.06. The fourth-order valence-corrected chi connectivity index (χ4v) is 1.99. The van der Waals surface area contributed by atoms with Gasteiger partial charge < -0.3 is 9.73 Å². The van der Waals surface area contributed by atoms with Crippen molar-refractivity contribution in [2.45, 2.75) is 0 Å². The van der Waals surface area contributed by atoms with Gasteiger partial charge in [0.1, 0.15) is 11.8 Å². The summed E-state index contributed by atoms with van der Waals surface area (Å²) in [5.74, 6) is 0. The number of furan rings is 1. The van der Waals surface area contributed by atoms with Gasteiger partial charge in [-0.25, -0.2) is 0 Å². The van der Waals surface area contributed by atoms with Gasteiger partial charge in [-0.3, -0.25) is 0 Å². The second-order valence-corrected chi connectivity index (χ2v) is 4.22. The summed E-state index contributed by atoms with van der Waals surface area (Å²) >= 11 is 5.94. The zero-order chi connectivity index (χ0) is 11.7. The van der Waals surface area contributed by atoms with E-state index in [1.807, 2.05) is 48.5 Å². The molecule has 3 rings (SSSR count). The highest BCUT2D eigenvalue weighted by Gasteiger charge is 2.04. The first kappa shape index (κ1) is 10.2. The molecule has 1 aromatic heterocycles. The van der Waals surface area contributed by atoms with Crippen LogP contribution in [0.4, 0.5) is 11.4 Å². The zero-order valence-corrected chi connectivity index (χ0v) is 9.74. The van der Waals surface area contributed by atoms with Crippen molar-refractivity contribution in [1.29, 1.82) is 0 Å². The summed E-state index contributed by atoms with van der Waals surface area (Å²) < 4.78 is 5.46. The first-order valence-corrected chi connectivity index (χ1v) is 5.69. The van der Waals surface area contributed by atoms with Gasteiger partial charge in [0.25, 0.3) is 0 Å². The molecule has 17 heavy (non-hydrogen) atoms. The zero-order valence-electron chi connectivity index (χ0n) is 8.98. The van der Waals surface area contributed by atoms with Gasteiger partial charge in [-0.05, 0) is 30.3 Å². The van der Waals surface area contributed by atoms with Crippen LogP contribution in [-0.2, 0) is 0 Å². The summed E-state index contributed by atoms with van der Waals surface area (Å²) in [6.07, 6.45) is 1.71. The predicted octanol–water partition coefficient (Wildman–Crippen LogP) is 4.83. The van der Waals surface area contributed by atoms with Crippen LogP contribution in [0.25, 0.3) is 11.0 Å². The van der Waals surface area contributed by atoms with Crippen LogP contribution in [0.1, 0.15) is 0 Å². The van der Waals surface area contributed by atoms with Crippen LogP contribution in [-0.4, -0.2) is 0 Å². The maximum absolute atomic E-state index is 5.94. The Morgan fingerprint density at radius 2 is 1.88 bits per heavy atom. The second kappa shape index (κ2) is 4.15. The third kappa shape index (κ3) is 1.99. The topological polar surface area (TPSA) is 25.2 Å². The van der Waals surface area contributed by atoms with E-state index in [0.29, 0.717) is 5.02 Å². The maximum atomic E-state index is 5.94. The van der Waals surface area contributed by atoms with Crippen LogP contribution < -0.4 is 5.32 Å². The molecular weight excluding hydrogens is 234 g/mol. The van der Waals surface area contributed by atoms with Crippen LogP contribution >= 0.6 is 11.6 Å². The Bertz CT molecular complexity index is 660. The molecule has 2 aromatic carbocycles. The van der Waals surface area contributed by atoms with E-state index >= 15 is 0 Å². The molecule has 84 valence electrons. The molecule has 0 amide bonds. The SMILES string of the molecule is Clc1cccc(Nc2coc3ccccc23)c1. The van der Waals surface area contributed by atoms with Crippen molar-refractivity contribution in [1.82, 2.24) is 0 Å². The van der Waals surface area contributed by atoms with E-state index in [1.54, 1.807) is 6.26 Å². The minimum absolute atomic E-state index is 0.711. The molecule has 0 unspecified atom stereocenters. The summed E-state index contributed by atoms with van der Waals surface area (Å²) in [5.41, 5.74) is 2.77. The number of hydrogen-bond donors (Lipinski definition) is 1. The molecule has 2 nitrogen and oxygen atoms in total. The molecule has 0 fully saturated rings. The number of hydrogen-bond acceptors (Lipinski definition) is 2. The number of rotatable bonds is 2. The quantitative estimate of drug-likeness (QED) is 0.697. The minimum atomic E-state index is 0.711. The van der Waals surface area contributed by atoms with Gasteiger partial charge in [0, 0.05) is 16.1 Å². The number of anilines is 2. The number of fused-ring (bicyclic) bond motifs is 1. The van der Waals surface area contributed by atoms with Gasteiger partial charge in [0.15, 0.2) is 0 Å². The molecule has 0 saturated carbocycles. The highest BCUT2D eigenvalue weighted by atomic mass is 35.5. The van der Waals surface area contributed by atoms with E-state index in [-0.39, 0.29) is 0 Å². The molecule has 0 aliphatic rings. The van der Waals surface area contributed by atoms with E-state index in [9.17, 15) is 0 Å². The summed E-state index contributed by atoms with van der Waals surface area (Å²) in [6, 6.07) is 15.5. The van der Waals surface area contributed by atoms with Crippen LogP contribution in [0.5, 0.6) is 0 Å². The minimum Gasteiger partial charge on any atom is -0.462 e. The van der Waals surface area contributed by atoms with Crippen molar-refractivity contribution < 1.29 is 4.42 Å². The first-order valence-electron chi connectivity index (χ1n) is 5.32. The van der Waals surface area contributed by atoms with Crippen molar-refractivity contribution in [2.75, 3.05) is 5.32 Å². The Hall–Kier alpha value is -1.93. The van der Waals surface area contributed by atoms with Gasteiger partial charge >= 0.3 is 0 Å². The lowest BCUT2D eigenvalue weighted by molar-refractivity contribution is 0.617. The Kier molecular flexibility index (Phi) is 2.50. The van der Waals surface area contributed by atoms with Gasteiger partial charge in [-0.1, -0.05) is 29.8 Å². The molecule has 0 bridgehead atoms. The molecule has 1 heterocycles. The van der Waals surface area contributed by atoms with E-state index in [4.69, 9.17) is 16.0 Å². The second-order valence-electron chi connectivity index (χ2n) is 3.78. The monoisotopic (exact) mass is 243 g/mol. The van der Waals surface area contributed by atoms with Crippen molar-refractivity contribution in [3.8, 4) is 0 Å². The average molecular weight is 244 g/mol. The van der Waals surface area contributed by atoms with E-state index in [1.165, 1.54) is 0 Å². The Balaban J connectivity index is 2.00. The number of benzene rings is 2. The normalized spacial score (nSPS) is 10.6. The molecule has 0 atom stereocenters. The summed E-state index contributed by atoms with van der Waals surface area (Å²) in [4.78, 5) is 0. The van der Waals surface area contributed by atoms with Gasteiger partial charge in [0.05, 0.1) is 5.69 Å². The maximum Gasteiger partial charge on any atom is 0.136 e. The van der Waals surface area contributed by atoms with Gasteiger partial charge in [-0.15, -0.1) is 0 Å². The fraction of sp³-hybridized carbons (Fsp3) is 0. The van der Waals surface area contributed by atoms with Gasteiger partial charge in [0.2, 0.25) is 0 Å². The fourth-order valence-electron chi connectivity index (χ4n) is 1.80. The van der Waals surface area contributed by atoms with Crippen molar-refractivity contribution >= 4 is 33.9 Å². The van der Waals surface area contributed by atoms with Crippen LogP contribution in [0, 0.1) is 0 Å². The predicted molar refractivity (Wildman–Crippen MR) is 70.9 cm³/mol. The van der Waals surface area contributed by atoms with E-state index < -0.39 is 0 Å². The number of nitrogens with one attached hydrogen (secondary N) is 1. The van der Waals surface area contributed by atoms with Crippen LogP contribution in [0.3, 0.4) is 0 Å². The van der Waals surface area contributed by atoms with E-state index in [2.05, 4.69) is 5.32 Å². The highest BCUT2D eigenvalue weighted by Crippen LogP contribution is 2.28. The van der Waals surface area contributed by atoms with Crippen molar-refractivity contribution in [3.63, 3.8) is 0 Å². The third-order valence-electron chi connectivity index (χ3n) is 2.58. The molecular formula is C14H10ClNO. The molecule has 3 heteroatoms. The lowest BCUT2D eigenvalue weighted by Gasteiger charge is -2.04. The number of para-hydroxylation sites is 1. The summed E-state index contributed by atoms with van der Waals surface area (Å²) in [7, 11) is 0. The Labute approximate surface area is 104 Å². The highest BCUT2D eigenvalue weighted by molar-refractivity contribution is 6.30. The summed E-state index contributed by atoms with van der Waals surface area (Å²) in [6.45, 7) is 0. The largest absolute Gasteiger partial charge is 0.462 e. The van der Waals surface area contributed by atoms with E-state index in [0.717, 1.165) is 22.3 Å². The van der Waals surface area contributed by atoms with Crippen LogP contribution in [0.15, 0.2) is 59.2 Å². The van der Waals surface area contributed by atoms with Crippen molar-refractivity contribution in [3.05, 3.63) is 59.8 Å². The molecule has 0 aliphatic carbocycles. The molecule has 0 radical (unpaired) electrons. The lowest BCUT2D eigenvalue weighted by Crippen LogP contribution is -1.87. The number of halogens is 1. The lowest BCUT2D eigenvalue weighted by atomic mass is 10.2. The Morgan fingerprint density at radius 1 is 1.00 bits per heavy atom. The van der Waals surface area contributed by atoms with Crippen molar-refractivity contribution in [2.24, 2.45) is 0 Å². The molecule has 1 N–H and O–H groups in total. The average Bonchev–Trinajstić information content (AvgIpc) is 2.73. The molecule has 3 aromatic rings. The van der Waals surface area contributed by atoms with Crippen LogP contribution in [0.2, 0.25) is 5.02 Å². The smallest absolute Gasteiger partial charge is 0.136 e.